The normalized spacial score (nSPS) is 11.2. The van der Waals surface area contributed by atoms with Crippen LogP contribution in [0.15, 0.2) is 89.7 Å². The molecule has 0 saturated heterocycles. The maximum Gasteiger partial charge on any atom is 0.259 e. The van der Waals surface area contributed by atoms with E-state index in [1.54, 1.807) is 18.2 Å². The van der Waals surface area contributed by atoms with E-state index in [4.69, 9.17) is 4.74 Å². The first-order valence-corrected chi connectivity index (χ1v) is 11.3. The molecule has 0 spiro atoms. The van der Waals surface area contributed by atoms with Crippen LogP contribution >= 0.6 is 0 Å². The van der Waals surface area contributed by atoms with Crippen LogP contribution in [0.1, 0.15) is 11.3 Å². The Bertz CT molecular complexity index is 1780. The van der Waals surface area contributed by atoms with Crippen molar-refractivity contribution in [3.63, 3.8) is 0 Å². The van der Waals surface area contributed by atoms with E-state index in [2.05, 4.69) is 25.4 Å². The van der Waals surface area contributed by atoms with Gasteiger partial charge < -0.3 is 14.8 Å². The molecule has 0 bridgehead atoms. The highest BCUT2D eigenvalue weighted by Crippen LogP contribution is 2.21. The highest BCUT2D eigenvalue weighted by Gasteiger charge is 2.12. The molecule has 0 fully saturated rings. The standard InChI is InChI=1S/C27H20N6O3/c34-21-10-11-25-19(13-21)14-23(27(35)29-25)26-30-32-33(31-26)15-17-4-3-6-22(12-17)36-16-20-9-8-18-5-1-2-7-24(18)28-20/h1-14,34H,15-16H2,(H,29,35). The number of phenolic OH excluding ortho intramolecular Hbond substituents is 1. The van der Waals surface area contributed by atoms with Gasteiger partial charge in [0.15, 0.2) is 0 Å². The topological polar surface area (TPSA) is 119 Å². The molecule has 0 aliphatic carbocycles. The zero-order valence-corrected chi connectivity index (χ0v) is 19.0. The number of para-hydroxylation sites is 1. The molecule has 6 aromatic rings. The number of hydrogen-bond donors (Lipinski definition) is 2. The zero-order chi connectivity index (χ0) is 24.5. The van der Waals surface area contributed by atoms with Crippen LogP contribution in [0.5, 0.6) is 11.5 Å². The number of rotatable bonds is 6. The smallest absolute Gasteiger partial charge is 0.259 e. The molecule has 0 amide bonds. The average Bonchev–Trinajstić information content (AvgIpc) is 3.35. The Labute approximate surface area is 204 Å². The number of benzene rings is 3. The molecule has 176 valence electrons. The number of nitrogens with zero attached hydrogens (tertiary/aromatic N) is 5. The number of aromatic hydroxyl groups is 1. The van der Waals surface area contributed by atoms with E-state index < -0.39 is 0 Å². The molecule has 2 N–H and O–H groups in total. The Kier molecular flexibility index (Phi) is 5.34. The largest absolute Gasteiger partial charge is 0.508 e. The van der Waals surface area contributed by atoms with Crippen molar-refractivity contribution in [1.29, 1.82) is 0 Å². The fourth-order valence-corrected chi connectivity index (χ4v) is 4.02. The summed E-state index contributed by atoms with van der Waals surface area (Å²) in [6.45, 7) is 0.699. The summed E-state index contributed by atoms with van der Waals surface area (Å²) >= 11 is 0. The van der Waals surface area contributed by atoms with Crippen LogP contribution < -0.4 is 10.3 Å². The molecule has 0 aliphatic rings. The van der Waals surface area contributed by atoms with Crippen LogP contribution in [0.4, 0.5) is 0 Å². The third kappa shape index (κ3) is 4.37. The van der Waals surface area contributed by atoms with Crippen molar-refractivity contribution >= 4 is 21.8 Å². The molecule has 9 nitrogen and oxygen atoms in total. The van der Waals surface area contributed by atoms with Crippen LogP contribution in [0, 0.1) is 0 Å². The Hall–Kier alpha value is -5.05. The SMILES string of the molecule is O=c1[nH]c2ccc(O)cc2cc1-c1nnn(Cc2cccc(OCc3ccc4ccccc4n3)c2)n1. The number of ether oxygens (including phenoxy) is 1. The summed E-state index contributed by atoms with van der Waals surface area (Å²) in [7, 11) is 0. The van der Waals surface area contributed by atoms with Crippen molar-refractivity contribution in [2.75, 3.05) is 0 Å². The highest BCUT2D eigenvalue weighted by atomic mass is 16.5. The first kappa shape index (κ1) is 21.5. The zero-order valence-electron chi connectivity index (χ0n) is 19.0. The summed E-state index contributed by atoms with van der Waals surface area (Å²) in [5, 5.41) is 24.0. The number of hydrogen-bond acceptors (Lipinski definition) is 7. The number of fused-ring (bicyclic) bond motifs is 2. The van der Waals surface area contributed by atoms with Gasteiger partial charge in [-0.25, -0.2) is 4.98 Å². The summed E-state index contributed by atoms with van der Waals surface area (Å²) in [5.41, 5.74) is 3.26. The van der Waals surface area contributed by atoms with E-state index in [0.717, 1.165) is 22.2 Å². The lowest BCUT2D eigenvalue weighted by molar-refractivity contribution is 0.301. The number of tetrazole rings is 1. The van der Waals surface area contributed by atoms with Gasteiger partial charge in [-0.15, -0.1) is 10.2 Å². The van der Waals surface area contributed by atoms with Crippen LogP contribution in [-0.2, 0) is 13.2 Å². The minimum Gasteiger partial charge on any atom is -0.508 e. The summed E-state index contributed by atoms with van der Waals surface area (Å²) in [6.07, 6.45) is 0. The highest BCUT2D eigenvalue weighted by molar-refractivity contribution is 5.83. The minimum absolute atomic E-state index is 0.107. The summed E-state index contributed by atoms with van der Waals surface area (Å²) in [6, 6.07) is 26.0. The Morgan fingerprint density at radius 2 is 1.83 bits per heavy atom. The van der Waals surface area contributed by atoms with Gasteiger partial charge in [-0.2, -0.15) is 4.80 Å². The van der Waals surface area contributed by atoms with Crippen molar-refractivity contribution in [3.8, 4) is 22.9 Å². The van der Waals surface area contributed by atoms with Crippen molar-refractivity contribution in [2.24, 2.45) is 0 Å². The van der Waals surface area contributed by atoms with Gasteiger partial charge in [0.05, 0.1) is 23.3 Å². The van der Waals surface area contributed by atoms with Crippen molar-refractivity contribution in [3.05, 3.63) is 107 Å². The fraction of sp³-hybridized carbons (Fsp3) is 0.0741. The third-order valence-corrected chi connectivity index (χ3v) is 5.79. The predicted octanol–water partition coefficient (Wildman–Crippen LogP) is 4.06. The first-order valence-electron chi connectivity index (χ1n) is 11.3. The molecule has 0 aliphatic heterocycles. The van der Waals surface area contributed by atoms with E-state index in [0.29, 0.717) is 29.8 Å². The van der Waals surface area contributed by atoms with E-state index in [9.17, 15) is 9.90 Å². The number of pyridine rings is 2. The van der Waals surface area contributed by atoms with Crippen molar-refractivity contribution < 1.29 is 9.84 Å². The Morgan fingerprint density at radius 1 is 0.917 bits per heavy atom. The van der Waals surface area contributed by atoms with Gasteiger partial charge in [0.1, 0.15) is 18.1 Å². The maximum absolute atomic E-state index is 12.5. The third-order valence-electron chi connectivity index (χ3n) is 5.79. The van der Waals surface area contributed by atoms with Crippen molar-refractivity contribution in [2.45, 2.75) is 13.2 Å². The second-order valence-corrected chi connectivity index (χ2v) is 8.36. The average molecular weight is 476 g/mol. The first-order chi connectivity index (χ1) is 17.6. The molecule has 36 heavy (non-hydrogen) atoms. The number of phenols is 1. The van der Waals surface area contributed by atoms with Gasteiger partial charge in [0.25, 0.3) is 5.56 Å². The van der Waals surface area contributed by atoms with E-state index >= 15 is 0 Å². The molecule has 0 radical (unpaired) electrons. The summed E-state index contributed by atoms with van der Waals surface area (Å²) in [4.78, 5) is 21.4. The number of aromatic nitrogens is 6. The molecular weight excluding hydrogens is 456 g/mol. The number of nitrogens with one attached hydrogen (secondary N) is 1. The van der Waals surface area contributed by atoms with Crippen LogP contribution in [-0.4, -0.2) is 35.3 Å². The van der Waals surface area contributed by atoms with Crippen LogP contribution in [0.25, 0.3) is 33.2 Å². The molecular formula is C27H20N6O3. The molecule has 0 atom stereocenters. The van der Waals surface area contributed by atoms with E-state index in [-0.39, 0.29) is 22.7 Å². The Balaban J connectivity index is 1.18. The van der Waals surface area contributed by atoms with Gasteiger partial charge in [-0.05, 0) is 59.3 Å². The van der Waals surface area contributed by atoms with Gasteiger partial charge in [-0.3, -0.25) is 4.79 Å². The van der Waals surface area contributed by atoms with Gasteiger partial charge >= 0.3 is 0 Å². The quantitative estimate of drug-likeness (QED) is 0.372. The molecule has 3 aromatic carbocycles. The van der Waals surface area contributed by atoms with E-state index in [1.165, 1.54) is 10.9 Å². The maximum atomic E-state index is 12.5. The fourth-order valence-electron chi connectivity index (χ4n) is 4.02. The monoisotopic (exact) mass is 476 g/mol. The molecule has 9 heteroatoms. The summed E-state index contributed by atoms with van der Waals surface area (Å²) in [5.74, 6) is 1.01. The molecule has 0 unspecified atom stereocenters. The second kappa shape index (κ2) is 8.95. The van der Waals surface area contributed by atoms with Crippen LogP contribution in [0.2, 0.25) is 0 Å². The summed E-state index contributed by atoms with van der Waals surface area (Å²) < 4.78 is 5.97. The lowest BCUT2D eigenvalue weighted by Gasteiger charge is -2.08. The van der Waals surface area contributed by atoms with Gasteiger partial charge in [-0.1, -0.05) is 36.4 Å². The van der Waals surface area contributed by atoms with E-state index in [1.807, 2.05) is 60.7 Å². The van der Waals surface area contributed by atoms with Gasteiger partial charge in [0.2, 0.25) is 5.82 Å². The molecule has 3 heterocycles. The Morgan fingerprint density at radius 3 is 2.78 bits per heavy atom. The lowest BCUT2D eigenvalue weighted by Crippen LogP contribution is -2.10. The predicted molar refractivity (Wildman–Crippen MR) is 135 cm³/mol. The van der Waals surface area contributed by atoms with Crippen molar-refractivity contribution in [1.82, 2.24) is 30.2 Å². The number of H-pyrrole nitrogens is 1. The number of aromatic amines is 1. The van der Waals surface area contributed by atoms with Gasteiger partial charge in [0, 0.05) is 16.3 Å². The molecule has 6 rings (SSSR count). The second-order valence-electron chi connectivity index (χ2n) is 8.36. The molecule has 3 aromatic heterocycles. The van der Waals surface area contributed by atoms with Crippen LogP contribution in [0.3, 0.4) is 0 Å². The molecule has 0 saturated carbocycles. The lowest BCUT2D eigenvalue weighted by atomic mass is 10.1. The minimum atomic E-state index is -0.328.